The summed E-state index contributed by atoms with van der Waals surface area (Å²) in [6, 6.07) is 16.0. The summed E-state index contributed by atoms with van der Waals surface area (Å²) in [5.74, 6) is 1.17. The van der Waals surface area contributed by atoms with Gasteiger partial charge in [0.05, 0.1) is 50.2 Å². The molecular weight excluding hydrogens is 487 g/mol. The second-order valence-corrected chi connectivity index (χ2v) is 9.35. The molecule has 1 aliphatic rings. The average molecular weight is 519 g/mol. The lowest BCUT2D eigenvalue weighted by molar-refractivity contribution is 0.0946. The van der Waals surface area contributed by atoms with E-state index in [1.807, 2.05) is 18.2 Å². The van der Waals surface area contributed by atoms with E-state index >= 15 is 0 Å². The fourth-order valence-electron chi connectivity index (χ4n) is 5.06. The number of rotatable bonds is 9. The number of piperidine rings is 1. The molecule has 38 heavy (non-hydrogen) atoms. The number of nitrogens with zero attached hydrogens (tertiary/aromatic N) is 1. The third-order valence-electron chi connectivity index (χ3n) is 7.10. The fourth-order valence-corrected chi connectivity index (χ4v) is 5.06. The Bertz CT molecular complexity index is 1400. The Morgan fingerprint density at radius 2 is 1.92 bits per heavy atom. The first kappa shape index (κ1) is 25.5. The molecule has 1 aromatic heterocycles. The molecule has 1 fully saturated rings. The highest BCUT2D eigenvalue weighted by Gasteiger charge is 2.28. The van der Waals surface area contributed by atoms with Crippen LogP contribution in [0, 0.1) is 11.7 Å². The number of amides is 1. The molecule has 1 amide bonds. The summed E-state index contributed by atoms with van der Waals surface area (Å²) in [6.45, 7) is 2.24. The molecule has 8 nitrogen and oxygen atoms in total. The normalized spacial score (nSPS) is 17.2. The zero-order valence-electron chi connectivity index (χ0n) is 21.4. The van der Waals surface area contributed by atoms with Crippen LogP contribution in [-0.2, 0) is 6.54 Å². The number of aromatic amines is 1. The molecule has 1 aliphatic heterocycles. The molecule has 9 heteroatoms. The van der Waals surface area contributed by atoms with Gasteiger partial charge in [-0.3, -0.25) is 9.89 Å². The van der Waals surface area contributed by atoms with Crippen LogP contribution in [0.4, 0.5) is 4.39 Å². The molecule has 1 unspecified atom stereocenters. The number of ether oxygens (including phenoxy) is 3. The second-order valence-electron chi connectivity index (χ2n) is 9.35. The van der Waals surface area contributed by atoms with Crippen molar-refractivity contribution in [2.24, 2.45) is 5.92 Å². The van der Waals surface area contributed by atoms with E-state index in [2.05, 4.69) is 20.8 Å². The minimum Gasteiger partial charge on any atom is -0.496 e. The molecule has 4 aromatic rings. The van der Waals surface area contributed by atoms with Crippen LogP contribution in [0.25, 0.3) is 10.9 Å². The predicted octanol–water partition coefficient (Wildman–Crippen LogP) is 4.42. The number of halogens is 1. The third-order valence-corrected chi connectivity index (χ3v) is 7.10. The SMILES string of the molecule is COc1cccc(OC)c1CNC(=O)c1cc([C@@H]2CCNCC2COc2ccc3[nH]ncc3c2)ccc1F. The van der Waals surface area contributed by atoms with Crippen LogP contribution in [0.2, 0.25) is 0 Å². The van der Waals surface area contributed by atoms with Gasteiger partial charge in [0.2, 0.25) is 0 Å². The molecule has 3 aromatic carbocycles. The highest BCUT2D eigenvalue weighted by molar-refractivity contribution is 5.94. The molecule has 5 rings (SSSR count). The van der Waals surface area contributed by atoms with E-state index < -0.39 is 11.7 Å². The molecule has 0 radical (unpaired) electrons. The lowest BCUT2D eigenvalue weighted by Crippen LogP contribution is -2.38. The molecule has 0 spiro atoms. The van der Waals surface area contributed by atoms with Crippen LogP contribution in [0.15, 0.2) is 60.8 Å². The van der Waals surface area contributed by atoms with E-state index in [1.54, 1.807) is 50.7 Å². The van der Waals surface area contributed by atoms with Crippen LogP contribution in [0.1, 0.15) is 33.8 Å². The minimum atomic E-state index is -0.562. The van der Waals surface area contributed by atoms with Gasteiger partial charge in [-0.05, 0) is 66.9 Å². The number of carbonyl (C=O) groups excluding carboxylic acids is 1. The number of methoxy groups -OCH3 is 2. The van der Waals surface area contributed by atoms with Gasteiger partial charge in [0, 0.05) is 17.8 Å². The Hall–Kier alpha value is -4.11. The van der Waals surface area contributed by atoms with Gasteiger partial charge in [-0.2, -0.15) is 5.10 Å². The van der Waals surface area contributed by atoms with Crippen molar-refractivity contribution in [3.8, 4) is 17.2 Å². The van der Waals surface area contributed by atoms with Gasteiger partial charge in [-0.1, -0.05) is 12.1 Å². The number of carbonyl (C=O) groups is 1. The molecule has 2 atom stereocenters. The standard InChI is InChI=1S/C29H31FN4O4/c1-36-27-4-3-5-28(37-2)24(27)16-32-29(35)23-13-18(6-8-25(23)30)22-10-11-31-14-20(22)17-38-21-7-9-26-19(12-21)15-33-34-26/h3-9,12-13,15,20,22,31H,10-11,14,16-17H2,1-2H3,(H,32,35)(H,33,34)/t20?,22-/m0/s1. The number of benzene rings is 3. The summed E-state index contributed by atoms with van der Waals surface area (Å²) >= 11 is 0. The van der Waals surface area contributed by atoms with E-state index in [0.29, 0.717) is 23.7 Å². The smallest absolute Gasteiger partial charge is 0.254 e. The average Bonchev–Trinajstić information content (AvgIpc) is 3.43. The molecule has 3 N–H and O–H groups in total. The van der Waals surface area contributed by atoms with Crippen molar-refractivity contribution in [3.05, 3.63) is 83.3 Å². The maximum atomic E-state index is 14.8. The number of hydrogen-bond acceptors (Lipinski definition) is 6. The number of H-pyrrole nitrogens is 1. The number of aromatic nitrogens is 2. The summed E-state index contributed by atoms with van der Waals surface area (Å²) < 4.78 is 31.8. The van der Waals surface area contributed by atoms with Crippen LogP contribution >= 0.6 is 0 Å². The van der Waals surface area contributed by atoms with Crippen LogP contribution in [0.3, 0.4) is 0 Å². The van der Waals surface area contributed by atoms with E-state index in [4.69, 9.17) is 14.2 Å². The van der Waals surface area contributed by atoms with Crippen molar-refractivity contribution in [1.82, 2.24) is 20.8 Å². The largest absolute Gasteiger partial charge is 0.496 e. The number of fused-ring (bicyclic) bond motifs is 1. The highest BCUT2D eigenvalue weighted by Crippen LogP contribution is 2.33. The molecule has 0 saturated carbocycles. The Morgan fingerprint density at radius 1 is 1.11 bits per heavy atom. The van der Waals surface area contributed by atoms with Crippen molar-refractivity contribution in [2.75, 3.05) is 33.9 Å². The zero-order valence-corrected chi connectivity index (χ0v) is 21.4. The summed E-state index contributed by atoms with van der Waals surface area (Å²) in [7, 11) is 3.11. The van der Waals surface area contributed by atoms with E-state index in [0.717, 1.165) is 41.7 Å². The van der Waals surface area contributed by atoms with E-state index in [9.17, 15) is 9.18 Å². The Balaban J connectivity index is 1.30. The molecular formula is C29H31FN4O4. The fraction of sp³-hybridized carbons (Fsp3) is 0.310. The van der Waals surface area contributed by atoms with Gasteiger partial charge in [0.15, 0.2) is 0 Å². The van der Waals surface area contributed by atoms with Crippen molar-refractivity contribution >= 4 is 16.8 Å². The minimum absolute atomic E-state index is 0.0139. The van der Waals surface area contributed by atoms with E-state index in [-0.39, 0.29) is 23.9 Å². The van der Waals surface area contributed by atoms with Crippen LogP contribution in [-0.4, -0.2) is 50.0 Å². The molecule has 2 heterocycles. The highest BCUT2D eigenvalue weighted by atomic mass is 19.1. The second kappa shape index (κ2) is 11.5. The van der Waals surface area contributed by atoms with E-state index in [1.165, 1.54) is 6.07 Å². The third kappa shape index (κ3) is 5.43. The van der Waals surface area contributed by atoms with Crippen LogP contribution in [0.5, 0.6) is 17.2 Å². The van der Waals surface area contributed by atoms with Crippen molar-refractivity contribution < 1.29 is 23.4 Å². The van der Waals surface area contributed by atoms with Crippen molar-refractivity contribution in [1.29, 1.82) is 0 Å². The maximum Gasteiger partial charge on any atom is 0.254 e. The number of nitrogens with one attached hydrogen (secondary N) is 3. The summed E-state index contributed by atoms with van der Waals surface area (Å²) in [5, 5.41) is 14.2. The molecule has 0 bridgehead atoms. The Kier molecular flexibility index (Phi) is 7.74. The van der Waals surface area contributed by atoms with Gasteiger partial charge in [0.1, 0.15) is 23.1 Å². The lowest BCUT2D eigenvalue weighted by atomic mass is 9.81. The summed E-state index contributed by atoms with van der Waals surface area (Å²) in [6.07, 6.45) is 2.63. The van der Waals surface area contributed by atoms with Gasteiger partial charge in [0.25, 0.3) is 5.91 Å². The maximum absolute atomic E-state index is 14.8. The Labute approximate surface area is 220 Å². The van der Waals surface area contributed by atoms with Gasteiger partial charge in [-0.25, -0.2) is 4.39 Å². The summed E-state index contributed by atoms with van der Waals surface area (Å²) in [5.41, 5.74) is 2.58. The predicted molar refractivity (Wildman–Crippen MR) is 142 cm³/mol. The Morgan fingerprint density at radius 3 is 2.71 bits per heavy atom. The molecule has 198 valence electrons. The van der Waals surface area contributed by atoms with Crippen LogP contribution < -0.4 is 24.8 Å². The first-order valence-corrected chi connectivity index (χ1v) is 12.6. The number of hydrogen-bond donors (Lipinski definition) is 3. The first-order chi connectivity index (χ1) is 18.6. The van der Waals surface area contributed by atoms with Crippen molar-refractivity contribution in [3.63, 3.8) is 0 Å². The lowest BCUT2D eigenvalue weighted by Gasteiger charge is -2.32. The summed E-state index contributed by atoms with van der Waals surface area (Å²) in [4.78, 5) is 13.1. The first-order valence-electron chi connectivity index (χ1n) is 12.6. The van der Waals surface area contributed by atoms with Gasteiger partial charge >= 0.3 is 0 Å². The zero-order chi connectivity index (χ0) is 26.5. The topological polar surface area (TPSA) is 97.5 Å². The quantitative estimate of drug-likeness (QED) is 0.304. The van der Waals surface area contributed by atoms with Gasteiger partial charge < -0.3 is 24.8 Å². The van der Waals surface area contributed by atoms with Gasteiger partial charge in [-0.15, -0.1) is 0 Å². The monoisotopic (exact) mass is 518 g/mol. The molecule has 1 saturated heterocycles. The molecule has 0 aliphatic carbocycles. The van der Waals surface area contributed by atoms with Crippen molar-refractivity contribution in [2.45, 2.75) is 18.9 Å².